The van der Waals surface area contributed by atoms with Crippen LogP contribution in [0.5, 0.6) is 0 Å². The highest BCUT2D eigenvalue weighted by atomic mass is 35.7. The minimum absolute atomic E-state index is 0.0702. The predicted octanol–water partition coefficient (Wildman–Crippen LogP) is 3.05. The van der Waals surface area contributed by atoms with Gasteiger partial charge in [-0.25, -0.2) is 8.42 Å². The van der Waals surface area contributed by atoms with Crippen molar-refractivity contribution >= 4 is 25.6 Å². The molecule has 0 N–H and O–H groups in total. The number of rotatable bonds is 5. The second-order valence-electron chi connectivity index (χ2n) is 6.39. The first kappa shape index (κ1) is 18.0. The van der Waals surface area contributed by atoms with Crippen molar-refractivity contribution in [3.63, 3.8) is 0 Å². The van der Waals surface area contributed by atoms with Gasteiger partial charge in [0.05, 0.1) is 4.90 Å². The normalized spacial score (nSPS) is 12.2. The first-order valence-electron chi connectivity index (χ1n) is 6.76. The van der Waals surface area contributed by atoms with E-state index in [9.17, 15) is 13.2 Å². The first-order valence-corrected chi connectivity index (χ1v) is 9.07. The second-order valence-corrected chi connectivity index (χ2v) is 8.96. The van der Waals surface area contributed by atoms with Gasteiger partial charge in [0.15, 0.2) is 0 Å². The summed E-state index contributed by atoms with van der Waals surface area (Å²) in [7, 11) is 3.37. The van der Waals surface area contributed by atoms with Crippen LogP contribution in [0.25, 0.3) is 0 Å². The number of hydrogen-bond acceptors (Lipinski definition) is 3. The Bertz CT molecular complexity index is 588. The lowest BCUT2D eigenvalue weighted by Gasteiger charge is -2.26. The fraction of sp³-hybridized carbons (Fsp3) is 0.533. The van der Waals surface area contributed by atoms with E-state index in [4.69, 9.17) is 10.7 Å². The van der Waals surface area contributed by atoms with Gasteiger partial charge >= 0.3 is 0 Å². The molecular formula is C15H22ClNO3S. The Morgan fingerprint density at radius 1 is 1.19 bits per heavy atom. The van der Waals surface area contributed by atoms with Crippen molar-refractivity contribution in [2.45, 2.75) is 38.5 Å². The predicted molar refractivity (Wildman–Crippen MR) is 84.9 cm³/mol. The maximum Gasteiger partial charge on any atom is 0.261 e. The van der Waals surface area contributed by atoms with Gasteiger partial charge in [0.1, 0.15) is 0 Å². The van der Waals surface area contributed by atoms with Gasteiger partial charge < -0.3 is 4.90 Å². The molecule has 0 aromatic heterocycles. The van der Waals surface area contributed by atoms with Crippen molar-refractivity contribution in [2.24, 2.45) is 5.41 Å². The highest BCUT2D eigenvalue weighted by Gasteiger charge is 2.17. The molecule has 118 valence electrons. The Morgan fingerprint density at radius 2 is 1.71 bits per heavy atom. The topological polar surface area (TPSA) is 54.5 Å². The smallest absolute Gasteiger partial charge is 0.261 e. The number of nitrogens with zero attached hydrogens (tertiary/aromatic N) is 1. The molecule has 0 aliphatic carbocycles. The molecule has 1 aromatic carbocycles. The summed E-state index contributed by atoms with van der Waals surface area (Å²) in [5.74, 6) is 0.0824. The summed E-state index contributed by atoms with van der Waals surface area (Å²) in [5, 5.41) is 0. The Morgan fingerprint density at radius 3 is 2.14 bits per heavy atom. The highest BCUT2D eigenvalue weighted by Crippen LogP contribution is 2.17. The first-order chi connectivity index (χ1) is 9.49. The quantitative estimate of drug-likeness (QED) is 0.779. The number of carbonyl (C=O) groups excluding carboxylic acids is 1. The van der Waals surface area contributed by atoms with Crippen LogP contribution in [0.1, 0.15) is 32.8 Å². The third-order valence-corrected chi connectivity index (χ3v) is 4.34. The van der Waals surface area contributed by atoms with Crippen LogP contribution in [-0.2, 0) is 20.3 Å². The summed E-state index contributed by atoms with van der Waals surface area (Å²) in [6.45, 7) is 6.96. The van der Waals surface area contributed by atoms with Crippen molar-refractivity contribution in [3.05, 3.63) is 29.8 Å². The Kier molecular flexibility index (Phi) is 5.82. The van der Waals surface area contributed by atoms with E-state index in [0.717, 1.165) is 5.56 Å². The van der Waals surface area contributed by atoms with Gasteiger partial charge in [-0.15, -0.1) is 0 Å². The fourth-order valence-corrected chi connectivity index (χ4v) is 2.83. The molecule has 0 heterocycles. The van der Waals surface area contributed by atoms with Gasteiger partial charge in [-0.2, -0.15) is 0 Å². The van der Waals surface area contributed by atoms with Crippen LogP contribution in [0.4, 0.5) is 0 Å². The number of carbonyl (C=O) groups is 1. The van der Waals surface area contributed by atoms with E-state index >= 15 is 0 Å². The average Bonchev–Trinajstić information content (AvgIpc) is 2.33. The zero-order valence-electron chi connectivity index (χ0n) is 12.9. The van der Waals surface area contributed by atoms with E-state index in [1.165, 1.54) is 12.1 Å². The molecule has 0 atom stereocenters. The monoisotopic (exact) mass is 331 g/mol. The summed E-state index contributed by atoms with van der Waals surface area (Å²) < 4.78 is 22.3. The maximum atomic E-state index is 12.0. The van der Waals surface area contributed by atoms with E-state index < -0.39 is 9.05 Å². The van der Waals surface area contributed by atoms with Crippen LogP contribution in [-0.4, -0.2) is 32.8 Å². The lowest BCUT2D eigenvalue weighted by Crippen LogP contribution is -2.34. The van der Waals surface area contributed by atoms with Crippen LogP contribution in [0.15, 0.2) is 29.2 Å². The maximum absolute atomic E-state index is 12.0. The molecule has 0 fully saturated rings. The summed E-state index contributed by atoms with van der Waals surface area (Å²) in [6, 6.07) is 6.29. The van der Waals surface area contributed by atoms with Crippen LogP contribution in [0, 0.1) is 5.41 Å². The zero-order valence-corrected chi connectivity index (χ0v) is 14.5. The Balaban J connectivity index is 2.58. The molecule has 0 saturated carbocycles. The molecule has 1 amide bonds. The number of aryl methyl sites for hydroxylation is 1. The summed E-state index contributed by atoms with van der Waals surface area (Å²) >= 11 is 0. The van der Waals surface area contributed by atoms with E-state index in [0.29, 0.717) is 19.4 Å². The third kappa shape index (κ3) is 6.48. The average molecular weight is 332 g/mol. The van der Waals surface area contributed by atoms with Gasteiger partial charge in [-0.1, -0.05) is 32.9 Å². The minimum atomic E-state index is -3.69. The summed E-state index contributed by atoms with van der Waals surface area (Å²) in [4.78, 5) is 13.8. The van der Waals surface area contributed by atoms with Crippen molar-refractivity contribution in [3.8, 4) is 0 Å². The van der Waals surface area contributed by atoms with Crippen molar-refractivity contribution in [1.29, 1.82) is 0 Å². The van der Waals surface area contributed by atoms with E-state index in [1.54, 1.807) is 24.1 Å². The third-order valence-electron chi connectivity index (χ3n) is 2.97. The zero-order chi connectivity index (χ0) is 16.3. The van der Waals surface area contributed by atoms with E-state index in [-0.39, 0.29) is 16.2 Å². The number of hydrogen-bond donors (Lipinski definition) is 0. The molecule has 0 saturated heterocycles. The van der Waals surface area contributed by atoms with Gasteiger partial charge in [-0.3, -0.25) is 4.79 Å². The molecule has 6 heteroatoms. The van der Waals surface area contributed by atoms with Crippen molar-refractivity contribution in [1.82, 2.24) is 4.90 Å². The molecule has 4 nitrogen and oxygen atoms in total. The van der Waals surface area contributed by atoms with Gasteiger partial charge in [-0.05, 0) is 29.5 Å². The minimum Gasteiger partial charge on any atom is -0.345 e. The number of benzene rings is 1. The summed E-state index contributed by atoms with van der Waals surface area (Å²) in [6.07, 6.45) is 0.982. The molecule has 1 aromatic rings. The molecule has 0 unspecified atom stereocenters. The standard InChI is InChI=1S/C15H22ClNO3S/c1-15(2,3)11-17(4)14(18)10-7-12-5-8-13(9-6-12)21(16,19)20/h5-6,8-9H,7,10-11H2,1-4H3. The Labute approximate surface area is 131 Å². The lowest BCUT2D eigenvalue weighted by atomic mass is 9.96. The fourth-order valence-electron chi connectivity index (χ4n) is 2.06. The number of halogens is 1. The van der Waals surface area contributed by atoms with Gasteiger partial charge in [0.2, 0.25) is 5.91 Å². The van der Waals surface area contributed by atoms with Crippen molar-refractivity contribution in [2.75, 3.05) is 13.6 Å². The molecule has 21 heavy (non-hydrogen) atoms. The van der Waals surface area contributed by atoms with E-state index in [2.05, 4.69) is 20.8 Å². The molecular weight excluding hydrogens is 310 g/mol. The largest absolute Gasteiger partial charge is 0.345 e. The van der Waals surface area contributed by atoms with Gasteiger partial charge in [0.25, 0.3) is 9.05 Å². The molecule has 1 rings (SSSR count). The molecule has 0 bridgehead atoms. The number of amides is 1. The Hall–Kier alpha value is -1.07. The van der Waals surface area contributed by atoms with Crippen LogP contribution in [0.3, 0.4) is 0 Å². The lowest BCUT2D eigenvalue weighted by molar-refractivity contribution is -0.131. The van der Waals surface area contributed by atoms with Crippen molar-refractivity contribution < 1.29 is 13.2 Å². The molecule has 0 radical (unpaired) electrons. The highest BCUT2D eigenvalue weighted by molar-refractivity contribution is 8.13. The SMILES string of the molecule is CN(CC(C)(C)C)C(=O)CCc1ccc(S(=O)(=O)Cl)cc1. The van der Waals surface area contributed by atoms with Crippen LogP contribution < -0.4 is 0 Å². The molecule has 0 aliphatic rings. The summed E-state index contributed by atoms with van der Waals surface area (Å²) in [5.41, 5.74) is 0.984. The van der Waals surface area contributed by atoms with Gasteiger partial charge in [0, 0.05) is 30.7 Å². The van der Waals surface area contributed by atoms with E-state index in [1.807, 2.05) is 0 Å². The van der Waals surface area contributed by atoms with Crippen LogP contribution in [0.2, 0.25) is 0 Å². The molecule has 0 spiro atoms. The second kappa shape index (κ2) is 6.79. The van der Waals surface area contributed by atoms with Crippen LogP contribution >= 0.6 is 10.7 Å². The molecule has 0 aliphatic heterocycles.